The number of nitrogens with zero attached hydrogens (tertiary/aromatic N) is 1. The third-order valence-corrected chi connectivity index (χ3v) is 4.41. The van der Waals surface area contributed by atoms with Crippen LogP contribution in [0, 0.1) is 5.92 Å². The lowest BCUT2D eigenvalue weighted by atomic mass is 9.74. The van der Waals surface area contributed by atoms with Gasteiger partial charge < -0.3 is 14.4 Å². The van der Waals surface area contributed by atoms with Crippen LogP contribution in [0.3, 0.4) is 0 Å². The SMILES string of the molecule is COCC(=O)N1CC[C@@]2(C)OC(C)(C)CC[C@H]2C1. The van der Waals surface area contributed by atoms with E-state index < -0.39 is 0 Å². The maximum atomic E-state index is 11.9. The number of rotatable bonds is 2. The second kappa shape index (κ2) is 4.82. The van der Waals surface area contributed by atoms with Crippen LogP contribution >= 0.6 is 0 Å². The number of piperidine rings is 1. The van der Waals surface area contributed by atoms with Gasteiger partial charge in [-0.2, -0.15) is 0 Å². The molecular weight excluding hydrogens is 230 g/mol. The predicted molar refractivity (Wildman–Crippen MR) is 69.4 cm³/mol. The summed E-state index contributed by atoms with van der Waals surface area (Å²) < 4.78 is 11.2. The van der Waals surface area contributed by atoms with Crippen LogP contribution < -0.4 is 0 Å². The van der Waals surface area contributed by atoms with E-state index in [2.05, 4.69) is 20.8 Å². The van der Waals surface area contributed by atoms with Crippen LogP contribution in [0.25, 0.3) is 0 Å². The Kier molecular flexibility index (Phi) is 3.70. The molecule has 2 fully saturated rings. The first kappa shape index (κ1) is 13.8. The first-order valence-corrected chi connectivity index (χ1v) is 6.83. The minimum atomic E-state index is -0.0639. The predicted octanol–water partition coefficient (Wildman–Crippen LogP) is 1.83. The molecule has 0 N–H and O–H groups in total. The largest absolute Gasteiger partial charge is 0.375 e. The van der Waals surface area contributed by atoms with E-state index in [0.717, 1.165) is 32.4 Å². The highest BCUT2D eigenvalue weighted by molar-refractivity contribution is 5.77. The van der Waals surface area contributed by atoms with E-state index in [-0.39, 0.29) is 23.7 Å². The molecular formula is C14H25NO3. The number of carbonyl (C=O) groups is 1. The summed E-state index contributed by atoms with van der Waals surface area (Å²) in [5, 5.41) is 0. The topological polar surface area (TPSA) is 38.8 Å². The lowest BCUT2D eigenvalue weighted by Crippen LogP contribution is -2.58. The molecule has 0 spiro atoms. The highest BCUT2D eigenvalue weighted by Gasteiger charge is 2.47. The van der Waals surface area contributed by atoms with Crippen molar-refractivity contribution >= 4 is 5.91 Å². The Bertz CT molecular complexity index is 329. The zero-order valence-corrected chi connectivity index (χ0v) is 12.0. The highest BCUT2D eigenvalue weighted by atomic mass is 16.5. The maximum Gasteiger partial charge on any atom is 0.248 e. The minimum absolute atomic E-state index is 0.0239. The Labute approximate surface area is 110 Å². The summed E-state index contributed by atoms with van der Waals surface area (Å²) >= 11 is 0. The van der Waals surface area contributed by atoms with Gasteiger partial charge in [0, 0.05) is 26.1 Å². The number of fused-ring (bicyclic) bond motifs is 1. The van der Waals surface area contributed by atoms with Crippen molar-refractivity contribution in [1.29, 1.82) is 0 Å². The molecule has 1 amide bonds. The zero-order chi connectivity index (χ0) is 13.4. The molecule has 2 saturated heterocycles. The van der Waals surface area contributed by atoms with Crippen LogP contribution in [0.5, 0.6) is 0 Å². The quantitative estimate of drug-likeness (QED) is 0.755. The van der Waals surface area contributed by atoms with E-state index >= 15 is 0 Å². The molecule has 0 aromatic rings. The van der Waals surface area contributed by atoms with Crippen molar-refractivity contribution in [3.05, 3.63) is 0 Å². The number of ether oxygens (including phenoxy) is 2. The lowest BCUT2D eigenvalue weighted by Gasteiger charge is -2.53. The van der Waals surface area contributed by atoms with Crippen molar-refractivity contribution in [1.82, 2.24) is 4.90 Å². The number of methoxy groups -OCH3 is 1. The fourth-order valence-corrected chi connectivity index (χ4v) is 3.29. The van der Waals surface area contributed by atoms with Crippen molar-refractivity contribution < 1.29 is 14.3 Å². The molecule has 0 unspecified atom stereocenters. The molecule has 0 radical (unpaired) electrons. The fraction of sp³-hybridized carbons (Fsp3) is 0.929. The van der Waals surface area contributed by atoms with Crippen LogP contribution in [0.4, 0.5) is 0 Å². The summed E-state index contributed by atoms with van der Waals surface area (Å²) in [6.45, 7) is 8.32. The van der Waals surface area contributed by atoms with Gasteiger partial charge in [-0.3, -0.25) is 4.79 Å². The molecule has 0 saturated carbocycles. The molecule has 104 valence electrons. The average molecular weight is 255 g/mol. The van der Waals surface area contributed by atoms with Crippen LogP contribution in [-0.2, 0) is 14.3 Å². The highest BCUT2D eigenvalue weighted by Crippen LogP contribution is 2.43. The van der Waals surface area contributed by atoms with Gasteiger partial charge in [0.15, 0.2) is 0 Å². The summed E-state index contributed by atoms with van der Waals surface area (Å²) in [6, 6.07) is 0. The number of hydrogen-bond donors (Lipinski definition) is 0. The van der Waals surface area contributed by atoms with Crippen molar-refractivity contribution in [2.75, 3.05) is 26.8 Å². The maximum absolute atomic E-state index is 11.9. The van der Waals surface area contributed by atoms with Gasteiger partial charge in [0.25, 0.3) is 0 Å². The molecule has 4 heteroatoms. The molecule has 0 aromatic heterocycles. The van der Waals surface area contributed by atoms with E-state index in [1.165, 1.54) is 0 Å². The van der Waals surface area contributed by atoms with Gasteiger partial charge in [0.1, 0.15) is 6.61 Å². The average Bonchev–Trinajstić information content (AvgIpc) is 2.26. The van der Waals surface area contributed by atoms with E-state index in [9.17, 15) is 4.79 Å². The van der Waals surface area contributed by atoms with E-state index in [1.807, 2.05) is 4.90 Å². The second-order valence-corrected chi connectivity index (χ2v) is 6.43. The van der Waals surface area contributed by atoms with E-state index in [0.29, 0.717) is 5.92 Å². The van der Waals surface area contributed by atoms with Crippen LogP contribution in [-0.4, -0.2) is 48.8 Å². The molecule has 0 aromatic carbocycles. The second-order valence-electron chi connectivity index (χ2n) is 6.43. The van der Waals surface area contributed by atoms with Gasteiger partial charge in [0.05, 0.1) is 11.2 Å². The number of amides is 1. The first-order chi connectivity index (χ1) is 8.36. The zero-order valence-electron chi connectivity index (χ0n) is 12.0. The Morgan fingerprint density at radius 3 is 2.78 bits per heavy atom. The van der Waals surface area contributed by atoms with Gasteiger partial charge in [-0.1, -0.05) is 0 Å². The minimum Gasteiger partial charge on any atom is -0.375 e. The summed E-state index contributed by atoms with van der Waals surface area (Å²) in [6.07, 6.45) is 3.14. The molecule has 0 aliphatic carbocycles. The normalized spacial score (nSPS) is 35.1. The molecule has 2 aliphatic rings. The number of hydrogen-bond acceptors (Lipinski definition) is 3. The summed E-state index contributed by atoms with van der Waals surface area (Å²) in [4.78, 5) is 13.8. The van der Waals surface area contributed by atoms with Gasteiger partial charge in [-0.15, -0.1) is 0 Å². The Morgan fingerprint density at radius 1 is 1.39 bits per heavy atom. The monoisotopic (exact) mass is 255 g/mol. The van der Waals surface area contributed by atoms with Crippen molar-refractivity contribution in [2.24, 2.45) is 5.92 Å². The van der Waals surface area contributed by atoms with Crippen LogP contribution in [0.15, 0.2) is 0 Å². The molecule has 2 atom stereocenters. The van der Waals surface area contributed by atoms with Gasteiger partial charge in [-0.25, -0.2) is 0 Å². The Morgan fingerprint density at radius 2 is 2.11 bits per heavy atom. The molecule has 2 aliphatic heterocycles. The summed E-state index contributed by atoms with van der Waals surface area (Å²) in [5.41, 5.74) is -0.0877. The van der Waals surface area contributed by atoms with Crippen LogP contribution in [0.1, 0.15) is 40.0 Å². The molecule has 2 heterocycles. The number of carbonyl (C=O) groups excluding carboxylic acids is 1. The third-order valence-electron chi connectivity index (χ3n) is 4.41. The standard InChI is InChI=1S/C14H25NO3/c1-13(2)6-5-11-9-15(12(16)10-17-4)8-7-14(11,3)18-13/h11H,5-10H2,1-4H3/t11-,14+/m0/s1. The lowest BCUT2D eigenvalue weighted by molar-refractivity contribution is -0.214. The summed E-state index contributed by atoms with van der Waals surface area (Å²) in [5.74, 6) is 0.560. The van der Waals surface area contributed by atoms with Crippen molar-refractivity contribution in [3.63, 3.8) is 0 Å². The fourth-order valence-electron chi connectivity index (χ4n) is 3.29. The Hall–Kier alpha value is -0.610. The Balaban J connectivity index is 2.01. The molecule has 0 bridgehead atoms. The third kappa shape index (κ3) is 2.69. The summed E-state index contributed by atoms with van der Waals surface area (Å²) in [7, 11) is 1.57. The van der Waals surface area contributed by atoms with Gasteiger partial charge in [-0.05, 0) is 40.0 Å². The smallest absolute Gasteiger partial charge is 0.248 e. The number of likely N-dealkylation sites (tertiary alicyclic amines) is 1. The van der Waals surface area contributed by atoms with Crippen molar-refractivity contribution in [3.8, 4) is 0 Å². The van der Waals surface area contributed by atoms with Gasteiger partial charge in [0.2, 0.25) is 5.91 Å². The van der Waals surface area contributed by atoms with E-state index in [4.69, 9.17) is 9.47 Å². The molecule has 18 heavy (non-hydrogen) atoms. The van der Waals surface area contributed by atoms with Crippen molar-refractivity contribution in [2.45, 2.75) is 51.2 Å². The molecule has 2 rings (SSSR count). The molecule has 4 nitrogen and oxygen atoms in total. The van der Waals surface area contributed by atoms with Gasteiger partial charge >= 0.3 is 0 Å². The van der Waals surface area contributed by atoms with Crippen LogP contribution in [0.2, 0.25) is 0 Å². The van der Waals surface area contributed by atoms with E-state index in [1.54, 1.807) is 7.11 Å². The first-order valence-electron chi connectivity index (χ1n) is 6.83.